The number of rotatable bonds is 5. The number of imidazole rings is 1. The van der Waals surface area contributed by atoms with Crippen molar-refractivity contribution in [2.45, 2.75) is 5.16 Å². The highest BCUT2D eigenvalue weighted by molar-refractivity contribution is 7.99. The van der Waals surface area contributed by atoms with Gasteiger partial charge in [0.05, 0.1) is 35.7 Å². The van der Waals surface area contributed by atoms with Gasteiger partial charge in [-0.15, -0.1) is 0 Å². The van der Waals surface area contributed by atoms with E-state index in [-0.39, 0.29) is 11.7 Å². The monoisotopic (exact) mass is 319 g/mol. The molecule has 2 heterocycles. The molecule has 0 saturated carbocycles. The molecule has 22 heavy (non-hydrogen) atoms. The van der Waals surface area contributed by atoms with E-state index in [9.17, 15) is 4.79 Å². The van der Waals surface area contributed by atoms with Gasteiger partial charge in [0.1, 0.15) is 0 Å². The molecule has 2 N–H and O–H groups in total. The van der Waals surface area contributed by atoms with Crippen LogP contribution < -0.4 is 15.1 Å². The van der Waals surface area contributed by atoms with Gasteiger partial charge in [-0.2, -0.15) is 5.01 Å². The molecule has 0 unspecified atom stereocenters. The molecule has 0 saturated heterocycles. The molecule has 8 nitrogen and oxygen atoms in total. The summed E-state index contributed by atoms with van der Waals surface area (Å²) in [7, 11) is 3.62. The number of H-pyrrole nitrogens is 1. The number of hydrogen-bond acceptors (Lipinski definition) is 6. The zero-order valence-electron chi connectivity index (χ0n) is 12.1. The Kier molecular flexibility index (Phi) is 3.96. The standard InChI is InChI=1S/C13H14N6O2S/c1-18(2)19-7-12(21-17-19)16-11(20)8-22-13-14-9-5-3-4-6-10(9)15-13/h3-7H,8H2,1-2H3,(H-,14,15,16,17,20)/p+1. The first-order chi connectivity index (χ1) is 10.6. The second-order valence-electron chi connectivity index (χ2n) is 4.73. The van der Waals surface area contributed by atoms with E-state index in [1.54, 1.807) is 11.2 Å². The van der Waals surface area contributed by atoms with E-state index in [4.69, 9.17) is 4.52 Å². The Bertz CT molecular complexity index is 764. The molecule has 0 aliphatic rings. The number of aromatic amines is 1. The molecule has 0 aliphatic heterocycles. The SMILES string of the molecule is CN(C)[n+]1cc(NC(=O)CSc2nc3ccccc3[nH]2)on1. The van der Waals surface area contributed by atoms with E-state index in [2.05, 4.69) is 20.6 Å². The van der Waals surface area contributed by atoms with Gasteiger partial charge in [-0.1, -0.05) is 23.9 Å². The van der Waals surface area contributed by atoms with Gasteiger partial charge in [-0.3, -0.25) is 14.6 Å². The van der Waals surface area contributed by atoms with Crippen LogP contribution in [0.5, 0.6) is 0 Å². The number of carbonyl (C=O) groups excluding carboxylic acids is 1. The van der Waals surface area contributed by atoms with Crippen molar-refractivity contribution in [3.8, 4) is 0 Å². The lowest BCUT2D eigenvalue weighted by molar-refractivity contribution is -0.753. The van der Waals surface area contributed by atoms with Crippen LogP contribution in [0.3, 0.4) is 0 Å². The van der Waals surface area contributed by atoms with Crippen LogP contribution in [0, 0.1) is 0 Å². The Morgan fingerprint density at radius 3 is 3.00 bits per heavy atom. The number of amides is 1. The van der Waals surface area contributed by atoms with Crippen molar-refractivity contribution in [1.82, 2.24) is 15.2 Å². The van der Waals surface area contributed by atoms with Crippen molar-refractivity contribution in [1.29, 1.82) is 0 Å². The summed E-state index contributed by atoms with van der Waals surface area (Å²) in [5.74, 6) is 0.332. The zero-order valence-corrected chi connectivity index (χ0v) is 12.9. The Morgan fingerprint density at radius 2 is 2.27 bits per heavy atom. The fraction of sp³-hybridized carbons (Fsp3) is 0.231. The summed E-state index contributed by atoms with van der Waals surface area (Å²) < 4.78 is 5.00. The summed E-state index contributed by atoms with van der Waals surface area (Å²) in [5, 5.41) is 8.80. The summed E-state index contributed by atoms with van der Waals surface area (Å²) in [6.07, 6.45) is 1.59. The molecule has 9 heteroatoms. The Balaban J connectivity index is 1.57. The number of thioether (sulfide) groups is 1. The fourth-order valence-corrected chi connectivity index (χ4v) is 2.47. The summed E-state index contributed by atoms with van der Waals surface area (Å²) in [5.41, 5.74) is 1.83. The maximum Gasteiger partial charge on any atom is 0.305 e. The third-order valence-electron chi connectivity index (χ3n) is 2.84. The van der Waals surface area contributed by atoms with Crippen LogP contribution >= 0.6 is 11.8 Å². The molecule has 0 radical (unpaired) electrons. The second kappa shape index (κ2) is 6.06. The van der Waals surface area contributed by atoms with Gasteiger partial charge in [-0.25, -0.2) is 4.98 Å². The minimum absolute atomic E-state index is 0.187. The minimum Gasteiger partial charge on any atom is -0.333 e. The van der Waals surface area contributed by atoms with Gasteiger partial charge in [0.25, 0.3) is 6.20 Å². The predicted octanol–water partition coefficient (Wildman–Crippen LogP) is 0.767. The van der Waals surface area contributed by atoms with Gasteiger partial charge in [0, 0.05) is 0 Å². The lowest BCUT2D eigenvalue weighted by atomic mass is 10.3. The van der Waals surface area contributed by atoms with Crippen molar-refractivity contribution >= 4 is 34.6 Å². The first-order valence-electron chi connectivity index (χ1n) is 6.55. The Morgan fingerprint density at radius 1 is 1.45 bits per heavy atom. The first-order valence-corrected chi connectivity index (χ1v) is 7.54. The molecular formula is C13H15N6O2S+. The highest BCUT2D eigenvalue weighted by Gasteiger charge is 2.16. The van der Waals surface area contributed by atoms with Gasteiger partial charge in [-0.05, 0) is 12.1 Å². The molecule has 3 rings (SSSR count). The van der Waals surface area contributed by atoms with Crippen LogP contribution in [0.4, 0.5) is 5.88 Å². The van der Waals surface area contributed by atoms with E-state index in [1.165, 1.54) is 16.6 Å². The molecule has 0 spiro atoms. The molecule has 0 atom stereocenters. The third kappa shape index (κ3) is 3.19. The molecule has 1 amide bonds. The van der Waals surface area contributed by atoms with Gasteiger partial charge < -0.3 is 4.98 Å². The number of para-hydroxylation sites is 2. The number of fused-ring (bicyclic) bond motifs is 1. The first kappa shape index (κ1) is 14.4. The number of benzene rings is 1. The maximum atomic E-state index is 11.9. The van der Waals surface area contributed by atoms with Crippen LogP contribution in [0.15, 0.2) is 40.1 Å². The number of nitrogens with zero attached hydrogens (tertiary/aromatic N) is 4. The van der Waals surface area contributed by atoms with E-state index in [0.717, 1.165) is 11.0 Å². The number of nitrogens with one attached hydrogen (secondary N) is 2. The van der Waals surface area contributed by atoms with Gasteiger partial charge in [0.2, 0.25) is 11.2 Å². The van der Waals surface area contributed by atoms with E-state index in [1.807, 2.05) is 38.4 Å². The topological polar surface area (TPSA) is 90.9 Å². The van der Waals surface area contributed by atoms with E-state index >= 15 is 0 Å². The van der Waals surface area contributed by atoms with E-state index in [0.29, 0.717) is 11.0 Å². The Labute approximate surface area is 130 Å². The van der Waals surface area contributed by atoms with Crippen LogP contribution in [-0.2, 0) is 4.79 Å². The summed E-state index contributed by atoms with van der Waals surface area (Å²) in [6.45, 7) is 0. The minimum atomic E-state index is -0.187. The molecule has 3 aromatic rings. The molecular weight excluding hydrogens is 304 g/mol. The zero-order chi connectivity index (χ0) is 15.5. The van der Waals surface area contributed by atoms with E-state index < -0.39 is 0 Å². The van der Waals surface area contributed by atoms with Crippen molar-refractivity contribution in [2.75, 3.05) is 30.2 Å². The predicted molar refractivity (Wildman–Crippen MR) is 82.2 cm³/mol. The van der Waals surface area contributed by atoms with Crippen molar-refractivity contribution in [3.63, 3.8) is 0 Å². The largest absolute Gasteiger partial charge is 0.333 e. The average Bonchev–Trinajstić information content (AvgIpc) is 3.11. The maximum absolute atomic E-state index is 11.9. The summed E-state index contributed by atoms with van der Waals surface area (Å²) in [6, 6.07) is 7.73. The summed E-state index contributed by atoms with van der Waals surface area (Å²) >= 11 is 1.33. The molecule has 0 bridgehead atoms. The summed E-state index contributed by atoms with van der Waals surface area (Å²) in [4.78, 5) is 20.9. The number of hydrogen-bond donors (Lipinski definition) is 2. The van der Waals surface area contributed by atoms with Crippen LogP contribution in [-0.4, -0.2) is 41.0 Å². The Hall–Kier alpha value is -2.55. The van der Waals surface area contributed by atoms with Crippen molar-refractivity contribution in [2.24, 2.45) is 0 Å². The second-order valence-corrected chi connectivity index (χ2v) is 5.69. The quantitative estimate of drug-likeness (QED) is 0.533. The van der Waals surface area contributed by atoms with Crippen molar-refractivity contribution < 1.29 is 14.1 Å². The number of aromatic nitrogens is 4. The highest BCUT2D eigenvalue weighted by Crippen LogP contribution is 2.19. The highest BCUT2D eigenvalue weighted by atomic mass is 32.2. The normalized spacial score (nSPS) is 10.8. The molecule has 2 aromatic heterocycles. The average molecular weight is 319 g/mol. The van der Waals surface area contributed by atoms with Crippen LogP contribution in [0.25, 0.3) is 11.0 Å². The smallest absolute Gasteiger partial charge is 0.305 e. The fourth-order valence-electron chi connectivity index (χ4n) is 1.79. The van der Waals surface area contributed by atoms with Crippen LogP contribution in [0.1, 0.15) is 0 Å². The molecule has 1 aromatic carbocycles. The van der Waals surface area contributed by atoms with Crippen molar-refractivity contribution in [3.05, 3.63) is 30.5 Å². The molecule has 0 fully saturated rings. The molecule has 114 valence electrons. The van der Waals surface area contributed by atoms with Crippen LogP contribution in [0.2, 0.25) is 0 Å². The third-order valence-corrected chi connectivity index (χ3v) is 3.71. The number of anilines is 1. The lowest BCUT2D eigenvalue weighted by Gasteiger charge is -1.97. The number of carbonyl (C=O) groups is 1. The lowest BCUT2D eigenvalue weighted by Crippen LogP contribution is -2.53. The molecule has 0 aliphatic carbocycles. The van der Waals surface area contributed by atoms with Gasteiger partial charge in [0.15, 0.2) is 5.16 Å². The van der Waals surface area contributed by atoms with Gasteiger partial charge >= 0.3 is 5.88 Å².